The molecular formula is C12H21N3OS. The first-order valence-electron chi connectivity index (χ1n) is 6.21. The highest BCUT2D eigenvalue weighted by Crippen LogP contribution is 2.30. The maximum absolute atomic E-state index is 5.75. The van der Waals surface area contributed by atoms with Crippen LogP contribution in [0.15, 0.2) is 0 Å². The van der Waals surface area contributed by atoms with E-state index in [1.165, 1.54) is 17.0 Å². The topological polar surface area (TPSA) is 51.4 Å². The van der Waals surface area contributed by atoms with Crippen molar-refractivity contribution in [2.75, 3.05) is 31.7 Å². The average molecular weight is 255 g/mol. The third-order valence-corrected chi connectivity index (χ3v) is 4.43. The molecule has 0 aliphatic carbocycles. The number of hydrogen-bond donors (Lipinski definition) is 1. The van der Waals surface area contributed by atoms with Gasteiger partial charge in [-0.15, -0.1) is 11.3 Å². The molecule has 1 aliphatic rings. The molecule has 0 aromatic carbocycles. The molecule has 0 saturated carbocycles. The summed E-state index contributed by atoms with van der Waals surface area (Å²) in [6.45, 7) is 5.75. The number of aromatic nitrogens is 1. The number of nitrogens with two attached hydrogens (primary N) is 1. The molecule has 0 radical (unpaired) electrons. The van der Waals surface area contributed by atoms with Crippen LogP contribution in [0.5, 0.6) is 0 Å². The van der Waals surface area contributed by atoms with Crippen LogP contribution in [0, 0.1) is 5.92 Å². The zero-order valence-electron chi connectivity index (χ0n) is 10.6. The van der Waals surface area contributed by atoms with E-state index in [2.05, 4.69) is 11.8 Å². The van der Waals surface area contributed by atoms with Crippen LogP contribution in [-0.4, -0.2) is 31.8 Å². The Morgan fingerprint density at radius 3 is 3.00 bits per heavy atom. The van der Waals surface area contributed by atoms with Gasteiger partial charge in [0.1, 0.15) is 0 Å². The molecule has 2 heterocycles. The number of hydrogen-bond acceptors (Lipinski definition) is 5. The Morgan fingerprint density at radius 1 is 1.59 bits per heavy atom. The summed E-state index contributed by atoms with van der Waals surface area (Å²) in [5.41, 5.74) is 6.91. The number of nitrogens with zero attached hydrogens (tertiary/aromatic N) is 2. The monoisotopic (exact) mass is 255 g/mol. The van der Waals surface area contributed by atoms with Gasteiger partial charge < -0.3 is 15.4 Å². The van der Waals surface area contributed by atoms with Crippen molar-refractivity contribution in [3.63, 3.8) is 0 Å². The van der Waals surface area contributed by atoms with Gasteiger partial charge in [0.25, 0.3) is 0 Å². The average Bonchev–Trinajstić information content (AvgIpc) is 2.94. The van der Waals surface area contributed by atoms with Gasteiger partial charge in [-0.1, -0.05) is 6.92 Å². The smallest absolute Gasteiger partial charge is 0.185 e. The minimum Gasteiger partial charge on any atom is -0.384 e. The lowest BCUT2D eigenvalue weighted by Crippen LogP contribution is -2.20. The van der Waals surface area contributed by atoms with E-state index in [0.29, 0.717) is 12.5 Å². The molecule has 1 aromatic rings. The molecule has 5 heteroatoms. The van der Waals surface area contributed by atoms with Gasteiger partial charge in [0.05, 0.1) is 12.3 Å². The SMILES string of the molecule is CCc1nc(N2CCC(COC)C2)sc1CN. The van der Waals surface area contributed by atoms with Crippen molar-refractivity contribution < 1.29 is 4.74 Å². The number of anilines is 1. The molecule has 1 saturated heterocycles. The van der Waals surface area contributed by atoms with Crippen molar-refractivity contribution in [1.82, 2.24) is 4.98 Å². The predicted molar refractivity (Wildman–Crippen MR) is 71.6 cm³/mol. The molecule has 1 fully saturated rings. The first-order valence-corrected chi connectivity index (χ1v) is 7.02. The maximum atomic E-state index is 5.75. The van der Waals surface area contributed by atoms with E-state index in [-0.39, 0.29) is 0 Å². The predicted octanol–water partition coefficient (Wildman–Crippen LogP) is 1.64. The summed E-state index contributed by atoms with van der Waals surface area (Å²) in [4.78, 5) is 8.30. The second kappa shape index (κ2) is 5.80. The minimum atomic E-state index is 0.607. The summed E-state index contributed by atoms with van der Waals surface area (Å²) in [6.07, 6.45) is 2.17. The van der Waals surface area contributed by atoms with E-state index in [4.69, 9.17) is 15.5 Å². The van der Waals surface area contributed by atoms with E-state index >= 15 is 0 Å². The van der Waals surface area contributed by atoms with Crippen LogP contribution in [0.2, 0.25) is 0 Å². The van der Waals surface area contributed by atoms with Crippen LogP contribution in [0.3, 0.4) is 0 Å². The lowest BCUT2D eigenvalue weighted by Gasteiger charge is -2.14. The van der Waals surface area contributed by atoms with Crippen molar-refractivity contribution in [2.45, 2.75) is 26.3 Å². The molecule has 0 bridgehead atoms. The van der Waals surface area contributed by atoms with Gasteiger partial charge in [0, 0.05) is 37.5 Å². The summed E-state index contributed by atoms with van der Waals surface area (Å²) >= 11 is 1.75. The molecular weight excluding hydrogens is 234 g/mol. The van der Waals surface area contributed by atoms with E-state index in [9.17, 15) is 0 Å². The zero-order valence-corrected chi connectivity index (χ0v) is 11.4. The Hall–Kier alpha value is -0.650. The molecule has 96 valence electrons. The van der Waals surface area contributed by atoms with E-state index in [0.717, 1.165) is 31.2 Å². The molecule has 1 aromatic heterocycles. The first-order chi connectivity index (χ1) is 8.28. The number of ether oxygens (including phenoxy) is 1. The summed E-state index contributed by atoms with van der Waals surface area (Å²) in [7, 11) is 1.77. The first kappa shape index (κ1) is 12.8. The molecule has 2 rings (SSSR count). The highest BCUT2D eigenvalue weighted by atomic mass is 32.1. The van der Waals surface area contributed by atoms with Crippen molar-refractivity contribution in [2.24, 2.45) is 11.7 Å². The molecule has 1 aliphatic heterocycles. The third-order valence-electron chi connectivity index (χ3n) is 3.25. The largest absolute Gasteiger partial charge is 0.384 e. The van der Waals surface area contributed by atoms with Crippen LogP contribution in [-0.2, 0) is 17.7 Å². The summed E-state index contributed by atoms with van der Waals surface area (Å²) in [6, 6.07) is 0. The lowest BCUT2D eigenvalue weighted by molar-refractivity contribution is 0.161. The Balaban J connectivity index is 2.05. The standard InChI is InChI=1S/C12H21N3OS/c1-3-10-11(6-13)17-12(14-10)15-5-4-9(7-15)8-16-2/h9H,3-8,13H2,1-2H3. The van der Waals surface area contributed by atoms with Crippen molar-refractivity contribution >= 4 is 16.5 Å². The fourth-order valence-electron chi connectivity index (χ4n) is 2.32. The van der Waals surface area contributed by atoms with Gasteiger partial charge in [-0.2, -0.15) is 0 Å². The number of methoxy groups -OCH3 is 1. The second-order valence-electron chi connectivity index (χ2n) is 4.48. The Kier molecular flexibility index (Phi) is 4.36. The number of thiazole rings is 1. The quantitative estimate of drug-likeness (QED) is 0.869. The second-order valence-corrected chi connectivity index (χ2v) is 5.54. The van der Waals surface area contributed by atoms with Crippen LogP contribution < -0.4 is 10.6 Å². The highest BCUT2D eigenvalue weighted by molar-refractivity contribution is 7.15. The van der Waals surface area contributed by atoms with E-state index < -0.39 is 0 Å². The molecule has 2 N–H and O–H groups in total. The van der Waals surface area contributed by atoms with Crippen LogP contribution >= 0.6 is 11.3 Å². The minimum absolute atomic E-state index is 0.607. The van der Waals surface area contributed by atoms with Crippen LogP contribution in [0.25, 0.3) is 0 Å². The van der Waals surface area contributed by atoms with Crippen molar-refractivity contribution in [1.29, 1.82) is 0 Å². The molecule has 4 nitrogen and oxygen atoms in total. The van der Waals surface area contributed by atoms with Gasteiger partial charge in [-0.3, -0.25) is 0 Å². The highest BCUT2D eigenvalue weighted by Gasteiger charge is 2.25. The van der Waals surface area contributed by atoms with Gasteiger partial charge in [-0.05, 0) is 12.8 Å². The summed E-state index contributed by atoms with van der Waals surface area (Å²) < 4.78 is 5.22. The Bertz CT molecular complexity index is 345. The molecule has 1 atom stereocenters. The Labute approximate surface area is 107 Å². The summed E-state index contributed by atoms with van der Waals surface area (Å²) in [5.74, 6) is 0.648. The van der Waals surface area contributed by atoms with E-state index in [1.54, 1.807) is 18.4 Å². The maximum Gasteiger partial charge on any atom is 0.185 e. The third kappa shape index (κ3) is 2.78. The fraction of sp³-hybridized carbons (Fsp3) is 0.750. The fourth-order valence-corrected chi connectivity index (χ4v) is 3.38. The van der Waals surface area contributed by atoms with Crippen LogP contribution in [0.1, 0.15) is 23.9 Å². The lowest BCUT2D eigenvalue weighted by atomic mass is 10.1. The van der Waals surface area contributed by atoms with E-state index in [1.807, 2.05) is 0 Å². The Morgan fingerprint density at radius 2 is 2.41 bits per heavy atom. The van der Waals surface area contributed by atoms with Gasteiger partial charge in [0.15, 0.2) is 5.13 Å². The summed E-state index contributed by atoms with van der Waals surface area (Å²) in [5, 5.41) is 1.14. The molecule has 0 amide bonds. The zero-order chi connectivity index (χ0) is 12.3. The molecule has 0 spiro atoms. The number of aryl methyl sites for hydroxylation is 1. The van der Waals surface area contributed by atoms with Gasteiger partial charge in [0.2, 0.25) is 0 Å². The number of rotatable bonds is 5. The molecule has 17 heavy (non-hydrogen) atoms. The van der Waals surface area contributed by atoms with Gasteiger partial charge in [-0.25, -0.2) is 4.98 Å². The van der Waals surface area contributed by atoms with Crippen molar-refractivity contribution in [3.05, 3.63) is 10.6 Å². The van der Waals surface area contributed by atoms with Crippen molar-refractivity contribution in [3.8, 4) is 0 Å². The van der Waals surface area contributed by atoms with Crippen LogP contribution in [0.4, 0.5) is 5.13 Å². The molecule has 1 unspecified atom stereocenters. The van der Waals surface area contributed by atoms with Gasteiger partial charge >= 0.3 is 0 Å². The normalized spacial score (nSPS) is 20.2.